The van der Waals surface area contributed by atoms with E-state index in [1.54, 1.807) is 7.05 Å². The highest BCUT2D eigenvalue weighted by atomic mass is 16.4. The van der Waals surface area contributed by atoms with E-state index in [2.05, 4.69) is 15.6 Å². The number of carbonyl (C=O) groups is 1. The third-order valence-corrected chi connectivity index (χ3v) is 2.02. The standard InChI is InChI=1S/C9H13N3O2/c1-10-5-8-11-4-7(14-8)9(13)12-6-2-3-6/h4,6,10H,2-3,5H2,1H3,(H,12,13). The van der Waals surface area contributed by atoms with Crippen molar-refractivity contribution in [1.29, 1.82) is 0 Å². The minimum atomic E-state index is -0.164. The van der Waals surface area contributed by atoms with Gasteiger partial charge in [0, 0.05) is 6.04 Å². The van der Waals surface area contributed by atoms with E-state index < -0.39 is 0 Å². The first kappa shape index (κ1) is 9.21. The second kappa shape index (κ2) is 3.79. The van der Waals surface area contributed by atoms with Gasteiger partial charge in [0.1, 0.15) is 0 Å². The van der Waals surface area contributed by atoms with Gasteiger partial charge < -0.3 is 15.1 Å². The topological polar surface area (TPSA) is 67.2 Å². The Kier molecular flexibility index (Phi) is 2.49. The molecule has 1 aromatic heterocycles. The van der Waals surface area contributed by atoms with Crippen LogP contribution in [0.1, 0.15) is 29.3 Å². The summed E-state index contributed by atoms with van der Waals surface area (Å²) in [5, 5.41) is 5.73. The zero-order chi connectivity index (χ0) is 9.97. The molecule has 1 aliphatic rings. The average molecular weight is 195 g/mol. The number of amides is 1. The van der Waals surface area contributed by atoms with Crippen LogP contribution in [-0.2, 0) is 6.54 Å². The molecule has 0 aliphatic heterocycles. The van der Waals surface area contributed by atoms with Crippen LogP contribution in [0.2, 0.25) is 0 Å². The molecule has 2 rings (SSSR count). The molecule has 14 heavy (non-hydrogen) atoms. The Morgan fingerprint density at radius 3 is 3.14 bits per heavy atom. The molecule has 0 aromatic carbocycles. The van der Waals surface area contributed by atoms with Gasteiger partial charge in [-0.3, -0.25) is 4.79 Å². The van der Waals surface area contributed by atoms with Gasteiger partial charge in [-0.2, -0.15) is 0 Å². The lowest BCUT2D eigenvalue weighted by molar-refractivity contribution is 0.0921. The molecule has 0 radical (unpaired) electrons. The molecular formula is C9H13N3O2. The molecule has 1 amide bonds. The zero-order valence-corrected chi connectivity index (χ0v) is 8.04. The van der Waals surface area contributed by atoms with Crippen molar-refractivity contribution in [2.75, 3.05) is 7.05 Å². The highest BCUT2D eigenvalue weighted by molar-refractivity contribution is 5.91. The van der Waals surface area contributed by atoms with Crippen LogP contribution in [0.25, 0.3) is 0 Å². The van der Waals surface area contributed by atoms with E-state index in [-0.39, 0.29) is 5.91 Å². The Balaban J connectivity index is 1.96. The number of rotatable bonds is 4. The van der Waals surface area contributed by atoms with Gasteiger partial charge in [-0.15, -0.1) is 0 Å². The smallest absolute Gasteiger partial charge is 0.288 e. The molecule has 5 heteroatoms. The quantitative estimate of drug-likeness (QED) is 0.724. The van der Waals surface area contributed by atoms with Gasteiger partial charge in [0.25, 0.3) is 5.91 Å². The van der Waals surface area contributed by atoms with Crippen LogP contribution < -0.4 is 10.6 Å². The van der Waals surface area contributed by atoms with E-state index in [9.17, 15) is 4.79 Å². The van der Waals surface area contributed by atoms with Crippen molar-refractivity contribution in [3.8, 4) is 0 Å². The van der Waals surface area contributed by atoms with Gasteiger partial charge >= 0.3 is 0 Å². The third kappa shape index (κ3) is 2.11. The first-order valence-electron chi connectivity index (χ1n) is 4.70. The maximum atomic E-state index is 11.4. The van der Waals surface area contributed by atoms with Gasteiger partial charge in [0.15, 0.2) is 0 Å². The van der Waals surface area contributed by atoms with Crippen LogP contribution in [0.4, 0.5) is 0 Å². The van der Waals surface area contributed by atoms with Crippen molar-refractivity contribution in [1.82, 2.24) is 15.6 Å². The fourth-order valence-electron chi connectivity index (χ4n) is 1.13. The molecule has 0 spiro atoms. The Hall–Kier alpha value is -1.36. The first-order chi connectivity index (χ1) is 6.79. The van der Waals surface area contributed by atoms with Crippen LogP contribution in [0.15, 0.2) is 10.6 Å². The zero-order valence-electron chi connectivity index (χ0n) is 8.04. The molecule has 0 bridgehead atoms. The third-order valence-electron chi connectivity index (χ3n) is 2.02. The Labute approximate surface area is 81.9 Å². The fraction of sp³-hybridized carbons (Fsp3) is 0.556. The summed E-state index contributed by atoms with van der Waals surface area (Å²) in [6.07, 6.45) is 3.61. The largest absolute Gasteiger partial charge is 0.434 e. The van der Waals surface area contributed by atoms with E-state index in [0.717, 1.165) is 12.8 Å². The lowest BCUT2D eigenvalue weighted by Gasteiger charge is -1.97. The van der Waals surface area contributed by atoms with Crippen molar-refractivity contribution in [2.24, 2.45) is 0 Å². The van der Waals surface area contributed by atoms with Gasteiger partial charge in [-0.1, -0.05) is 0 Å². The molecule has 1 fully saturated rings. The molecule has 0 saturated heterocycles. The van der Waals surface area contributed by atoms with E-state index in [4.69, 9.17) is 4.42 Å². The second-order valence-corrected chi connectivity index (χ2v) is 3.40. The number of nitrogens with zero attached hydrogens (tertiary/aromatic N) is 1. The molecular weight excluding hydrogens is 182 g/mol. The first-order valence-corrected chi connectivity index (χ1v) is 4.70. The van der Waals surface area contributed by atoms with Gasteiger partial charge in [0.05, 0.1) is 12.7 Å². The van der Waals surface area contributed by atoms with Crippen molar-refractivity contribution in [3.63, 3.8) is 0 Å². The van der Waals surface area contributed by atoms with Crippen LogP contribution in [-0.4, -0.2) is 24.0 Å². The van der Waals surface area contributed by atoms with Crippen LogP contribution in [0, 0.1) is 0 Å². The normalized spacial score (nSPS) is 15.5. The minimum absolute atomic E-state index is 0.164. The summed E-state index contributed by atoms with van der Waals surface area (Å²) in [4.78, 5) is 15.4. The van der Waals surface area contributed by atoms with E-state index in [0.29, 0.717) is 24.2 Å². The van der Waals surface area contributed by atoms with Gasteiger partial charge in [-0.25, -0.2) is 4.98 Å². The fourth-order valence-corrected chi connectivity index (χ4v) is 1.13. The highest BCUT2D eigenvalue weighted by Gasteiger charge is 2.25. The summed E-state index contributed by atoms with van der Waals surface area (Å²) in [7, 11) is 1.80. The maximum Gasteiger partial charge on any atom is 0.288 e. The SMILES string of the molecule is CNCc1ncc(C(=O)NC2CC2)o1. The number of oxazole rings is 1. The molecule has 1 saturated carbocycles. The molecule has 1 aromatic rings. The van der Waals surface area contributed by atoms with Gasteiger partial charge in [0.2, 0.25) is 11.7 Å². The molecule has 1 heterocycles. The van der Waals surface area contributed by atoms with Crippen molar-refractivity contribution in [2.45, 2.75) is 25.4 Å². The van der Waals surface area contributed by atoms with Crippen molar-refractivity contribution in [3.05, 3.63) is 17.8 Å². The summed E-state index contributed by atoms with van der Waals surface area (Å²) in [5.41, 5.74) is 0. The molecule has 5 nitrogen and oxygen atoms in total. The highest BCUT2D eigenvalue weighted by Crippen LogP contribution is 2.19. The molecule has 76 valence electrons. The predicted octanol–water partition coefficient (Wildman–Crippen LogP) is 0.286. The number of carbonyl (C=O) groups excluding carboxylic acids is 1. The Morgan fingerprint density at radius 2 is 2.50 bits per heavy atom. The number of aromatic nitrogens is 1. The summed E-state index contributed by atoms with van der Waals surface area (Å²) < 4.78 is 5.23. The summed E-state index contributed by atoms with van der Waals surface area (Å²) in [6.45, 7) is 0.538. The average Bonchev–Trinajstić information content (AvgIpc) is 2.83. The lowest BCUT2D eigenvalue weighted by atomic mass is 10.4. The predicted molar refractivity (Wildman–Crippen MR) is 49.8 cm³/mol. The van der Waals surface area contributed by atoms with Crippen molar-refractivity contribution >= 4 is 5.91 Å². The summed E-state index contributed by atoms with van der Waals surface area (Å²) >= 11 is 0. The molecule has 2 N–H and O–H groups in total. The monoisotopic (exact) mass is 195 g/mol. The van der Waals surface area contributed by atoms with Crippen molar-refractivity contribution < 1.29 is 9.21 Å². The summed E-state index contributed by atoms with van der Waals surface area (Å²) in [6, 6.07) is 0.348. The van der Waals surface area contributed by atoms with Crippen LogP contribution in [0.3, 0.4) is 0 Å². The Morgan fingerprint density at radius 1 is 1.71 bits per heavy atom. The van der Waals surface area contributed by atoms with Gasteiger partial charge in [-0.05, 0) is 19.9 Å². The van der Waals surface area contributed by atoms with E-state index >= 15 is 0 Å². The van der Waals surface area contributed by atoms with E-state index in [1.165, 1.54) is 6.20 Å². The minimum Gasteiger partial charge on any atom is -0.434 e. The number of hydrogen-bond donors (Lipinski definition) is 2. The lowest BCUT2D eigenvalue weighted by Crippen LogP contribution is -2.24. The van der Waals surface area contributed by atoms with Crippen LogP contribution >= 0.6 is 0 Å². The Bertz CT molecular complexity index is 331. The summed E-state index contributed by atoms with van der Waals surface area (Å²) in [5.74, 6) is 0.665. The van der Waals surface area contributed by atoms with E-state index in [1.807, 2.05) is 0 Å². The molecule has 0 unspecified atom stereocenters. The molecule has 0 atom stereocenters. The van der Waals surface area contributed by atoms with Crippen LogP contribution in [0.5, 0.6) is 0 Å². The maximum absolute atomic E-state index is 11.4. The number of nitrogens with one attached hydrogen (secondary N) is 2. The molecule has 1 aliphatic carbocycles. The number of hydrogen-bond acceptors (Lipinski definition) is 4. The second-order valence-electron chi connectivity index (χ2n) is 3.40.